The zero-order valence-electron chi connectivity index (χ0n) is 8.75. The average molecular weight is 340 g/mol. The zero-order chi connectivity index (χ0) is 13.3. The van der Waals surface area contributed by atoms with Gasteiger partial charge in [-0.1, -0.05) is 58.2 Å². The molecule has 0 saturated heterocycles. The lowest BCUT2D eigenvalue weighted by molar-refractivity contribution is 1.14. The number of hydrogen-bond donors (Lipinski definition) is 1. The maximum absolute atomic E-state index is 6.04. The third-order valence-corrected chi connectivity index (χ3v) is 4.47. The molecule has 2 aromatic rings. The summed E-state index contributed by atoms with van der Waals surface area (Å²) in [4.78, 5) is 4.98. The molecule has 1 aromatic carbocycles. The Bertz CT molecular complexity index is 604. The highest BCUT2D eigenvalue weighted by atomic mass is 35.5. The molecule has 2 N–H and O–H groups in total. The van der Waals surface area contributed by atoms with Crippen LogP contribution in [0.2, 0.25) is 20.1 Å². The van der Waals surface area contributed by atoms with Gasteiger partial charge >= 0.3 is 0 Å². The van der Waals surface area contributed by atoms with Crippen LogP contribution in [0.4, 0.5) is 5.82 Å². The lowest BCUT2D eigenvalue weighted by Crippen LogP contribution is -1.93. The van der Waals surface area contributed by atoms with Gasteiger partial charge in [-0.05, 0) is 24.3 Å². The molecule has 0 amide bonds. The summed E-state index contributed by atoms with van der Waals surface area (Å²) in [6.45, 7) is 0. The van der Waals surface area contributed by atoms with Gasteiger partial charge in [0.05, 0.1) is 20.1 Å². The van der Waals surface area contributed by atoms with E-state index in [1.165, 1.54) is 11.8 Å². The number of aromatic nitrogens is 1. The van der Waals surface area contributed by atoms with Crippen molar-refractivity contribution in [2.24, 2.45) is 0 Å². The monoisotopic (exact) mass is 338 g/mol. The number of anilines is 1. The Labute approximate surface area is 128 Å². The summed E-state index contributed by atoms with van der Waals surface area (Å²) in [7, 11) is 0. The molecule has 0 radical (unpaired) electrons. The Morgan fingerprint density at radius 2 is 1.61 bits per heavy atom. The summed E-state index contributed by atoms with van der Waals surface area (Å²) < 4.78 is 0. The van der Waals surface area contributed by atoms with E-state index in [1.807, 2.05) is 6.07 Å². The fraction of sp³-hybridized carbons (Fsp3) is 0. The number of hydrogen-bond acceptors (Lipinski definition) is 3. The van der Waals surface area contributed by atoms with Crippen molar-refractivity contribution in [3.63, 3.8) is 0 Å². The van der Waals surface area contributed by atoms with Crippen molar-refractivity contribution in [3.8, 4) is 0 Å². The van der Waals surface area contributed by atoms with E-state index in [4.69, 9.17) is 52.1 Å². The van der Waals surface area contributed by atoms with Gasteiger partial charge in [0.2, 0.25) is 0 Å². The molecule has 1 aromatic heterocycles. The number of nitrogens with zero attached hydrogens (tertiary/aromatic N) is 1. The Balaban J connectivity index is 2.34. The normalized spacial score (nSPS) is 10.7. The molecule has 0 bridgehead atoms. The van der Waals surface area contributed by atoms with Crippen LogP contribution < -0.4 is 5.73 Å². The van der Waals surface area contributed by atoms with E-state index in [0.717, 1.165) is 4.90 Å². The number of pyridine rings is 1. The van der Waals surface area contributed by atoms with Gasteiger partial charge in [-0.15, -0.1) is 0 Å². The minimum atomic E-state index is 0.239. The average Bonchev–Trinajstić information content (AvgIpc) is 2.31. The van der Waals surface area contributed by atoms with Crippen LogP contribution in [0.25, 0.3) is 0 Å². The van der Waals surface area contributed by atoms with Crippen LogP contribution >= 0.6 is 58.2 Å². The summed E-state index contributed by atoms with van der Waals surface area (Å²) in [5, 5.41) is 2.30. The zero-order valence-corrected chi connectivity index (χ0v) is 12.6. The Morgan fingerprint density at radius 3 is 2.28 bits per heavy atom. The van der Waals surface area contributed by atoms with E-state index in [-0.39, 0.29) is 5.82 Å². The van der Waals surface area contributed by atoms with Gasteiger partial charge < -0.3 is 5.73 Å². The second kappa shape index (κ2) is 5.76. The van der Waals surface area contributed by atoms with Crippen molar-refractivity contribution in [3.05, 3.63) is 44.4 Å². The summed E-state index contributed by atoms with van der Waals surface area (Å²) in [6.07, 6.45) is 0. The lowest BCUT2D eigenvalue weighted by atomic mass is 10.4. The van der Waals surface area contributed by atoms with Crippen molar-refractivity contribution in [2.45, 2.75) is 9.92 Å². The molecule has 18 heavy (non-hydrogen) atoms. The molecule has 0 unspecified atom stereocenters. The highest BCUT2D eigenvalue weighted by molar-refractivity contribution is 7.99. The molecule has 0 aliphatic heterocycles. The third-order valence-electron chi connectivity index (χ3n) is 2.03. The maximum atomic E-state index is 6.04. The molecular weight excluding hydrogens is 334 g/mol. The lowest BCUT2D eigenvalue weighted by Gasteiger charge is -2.06. The summed E-state index contributed by atoms with van der Waals surface area (Å²) in [5.74, 6) is 0.239. The fourth-order valence-electron chi connectivity index (χ4n) is 1.19. The summed E-state index contributed by atoms with van der Waals surface area (Å²) in [6, 6.07) is 6.82. The second-order valence-corrected chi connectivity index (χ2v) is 6.01. The molecule has 0 saturated carbocycles. The molecule has 0 aliphatic rings. The molecular formula is C11H6Cl4N2S. The quantitative estimate of drug-likeness (QED) is 0.792. The SMILES string of the molecule is Nc1nc(Sc2ccc(Cl)c(Cl)c2)c(Cl)cc1Cl. The van der Waals surface area contributed by atoms with Crippen LogP contribution in [0.15, 0.2) is 34.2 Å². The highest BCUT2D eigenvalue weighted by Crippen LogP contribution is 2.36. The van der Waals surface area contributed by atoms with E-state index in [1.54, 1.807) is 18.2 Å². The second-order valence-electron chi connectivity index (χ2n) is 3.32. The van der Waals surface area contributed by atoms with E-state index >= 15 is 0 Å². The minimum Gasteiger partial charge on any atom is -0.382 e. The third kappa shape index (κ3) is 3.16. The first-order valence-corrected chi connectivity index (χ1v) is 7.04. The topological polar surface area (TPSA) is 38.9 Å². The standard InChI is InChI=1S/C11H6Cl4N2S/c12-6-2-1-5(3-7(6)13)18-11-9(15)4-8(14)10(16)17-11/h1-4H,(H2,16,17). The molecule has 0 fully saturated rings. The van der Waals surface area contributed by atoms with Crippen LogP contribution in [-0.2, 0) is 0 Å². The van der Waals surface area contributed by atoms with Crippen molar-refractivity contribution in [2.75, 3.05) is 5.73 Å². The Hall–Kier alpha value is -0.320. The smallest absolute Gasteiger partial charge is 0.143 e. The van der Waals surface area contributed by atoms with Gasteiger partial charge in [0.1, 0.15) is 10.8 Å². The van der Waals surface area contributed by atoms with Crippen LogP contribution in [-0.4, -0.2) is 4.98 Å². The fourth-order valence-corrected chi connectivity index (χ4v) is 2.86. The van der Waals surface area contributed by atoms with E-state index in [2.05, 4.69) is 4.98 Å². The van der Waals surface area contributed by atoms with Crippen LogP contribution in [0.5, 0.6) is 0 Å². The first-order chi connectivity index (χ1) is 8.47. The van der Waals surface area contributed by atoms with Gasteiger partial charge in [-0.25, -0.2) is 4.98 Å². The largest absolute Gasteiger partial charge is 0.382 e. The van der Waals surface area contributed by atoms with Crippen molar-refractivity contribution >= 4 is 64.0 Å². The predicted octanol–water partition coefficient (Wildman–Crippen LogP) is 5.43. The van der Waals surface area contributed by atoms with Crippen LogP contribution in [0.3, 0.4) is 0 Å². The predicted molar refractivity (Wildman–Crippen MR) is 79.3 cm³/mol. The molecule has 2 nitrogen and oxygen atoms in total. The van der Waals surface area contributed by atoms with Gasteiger partial charge in [-0.3, -0.25) is 0 Å². The minimum absolute atomic E-state index is 0.239. The molecule has 2 rings (SSSR count). The van der Waals surface area contributed by atoms with E-state index in [9.17, 15) is 0 Å². The number of nitrogen functional groups attached to an aromatic ring is 1. The van der Waals surface area contributed by atoms with Crippen molar-refractivity contribution < 1.29 is 0 Å². The van der Waals surface area contributed by atoms with Gasteiger partial charge in [0.25, 0.3) is 0 Å². The first kappa shape index (κ1) is 14.1. The Kier molecular flexibility index (Phi) is 4.51. The number of halogens is 4. The van der Waals surface area contributed by atoms with Crippen molar-refractivity contribution in [1.29, 1.82) is 0 Å². The molecule has 0 spiro atoms. The number of rotatable bonds is 2. The maximum Gasteiger partial charge on any atom is 0.143 e. The molecule has 1 heterocycles. The molecule has 0 atom stereocenters. The Morgan fingerprint density at radius 1 is 0.889 bits per heavy atom. The van der Waals surface area contributed by atoms with E-state index < -0.39 is 0 Å². The van der Waals surface area contributed by atoms with Crippen LogP contribution in [0, 0.1) is 0 Å². The van der Waals surface area contributed by atoms with Gasteiger partial charge in [0, 0.05) is 4.90 Å². The summed E-state index contributed by atoms with van der Waals surface area (Å²) in [5.41, 5.74) is 5.63. The van der Waals surface area contributed by atoms with Gasteiger partial charge in [-0.2, -0.15) is 0 Å². The van der Waals surface area contributed by atoms with Gasteiger partial charge in [0.15, 0.2) is 0 Å². The number of nitrogens with two attached hydrogens (primary N) is 1. The molecule has 0 aliphatic carbocycles. The number of benzene rings is 1. The summed E-state index contributed by atoms with van der Waals surface area (Å²) >= 11 is 25.0. The molecule has 7 heteroatoms. The molecule has 94 valence electrons. The van der Waals surface area contributed by atoms with E-state index in [0.29, 0.717) is 25.1 Å². The highest BCUT2D eigenvalue weighted by Gasteiger charge is 2.09. The van der Waals surface area contributed by atoms with Crippen molar-refractivity contribution in [1.82, 2.24) is 4.98 Å². The van der Waals surface area contributed by atoms with Crippen LogP contribution in [0.1, 0.15) is 0 Å². The first-order valence-electron chi connectivity index (χ1n) is 4.72.